The number of rotatable bonds is 7. The van der Waals surface area contributed by atoms with E-state index in [2.05, 4.69) is 10.2 Å². The number of ether oxygens (including phenoxy) is 1. The van der Waals surface area contributed by atoms with E-state index in [-0.39, 0.29) is 6.61 Å². The van der Waals surface area contributed by atoms with E-state index in [0.29, 0.717) is 5.75 Å². The highest BCUT2D eigenvalue weighted by Gasteiger charge is 2.12. The van der Waals surface area contributed by atoms with Gasteiger partial charge in [-0.1, -0.05) is 66.4 Å². The standard InChI is InChI=1S/C21H19N3O2S/c25-18(13-26-20-12-6-8-16-7-4-5-11-19(16)20)14-27-21-23-22-15-24(21)17-9-2-1-3-10-17/h1-12,15,18,25H,13-14H2. The second-order valence-corrected chi connectivity index (χ2v) is 7.06. The third kappa shape index (κ3) is 4.13. The Morgan fingerprint density at radius 3 is 2.63 bits per heavy atom. The van der Waals surface area contributed by atoms with Gasteiger partial charge in [-0.25, -0.2) is 0 Å². The molecule has 1 atom stereocenters. The highest BCUT2D eigenvalue weighted by molar-refractivity contribution is 7.99. The first kappa shape index (κ1) is 17.6. The maximum atomic E-state index is 10.3. The van der Waals surface area contributed by atoms with Crippen LogP contribution in [-0.2, 0) is 0 Å². The van der Waals surface area contributed by atoms with Crippen LogP contribution in [0, 0.1) is 0 Å². The molecule has 1 unspecified atom stereocenters. The zero-order valence-electron chi connectivity index (χ0n) is 14.6. The molecule has 0 spiro atoms. The number of aliphatic hydroxyl groups is 1. The minimum absolute atomic E-state index is 0.223. The van der Waals surface area contributed by atoms with Crippen LogP contribution in [0.25, 0.3) is 16.5 Å². The summed E-state index contributed by atoms with van der Waals surface area (Å²) < 4.78 is 7.77. The van der Waals surface area contributed by atoms with Crippen molar-refractivity contribution in [2.24, 2.45) is 0 Å². The van der Waals surface area contributed by atoms with Crippen molar-refractivity contribution in [3.8, 4) is 11.4 Å². The van der Waals surface area contributed by atoms with Gasteiger partial charge in [-0.2, -0.15) is 0 Å². The molecule has 0 saturated carbocycles. The van der Waals surface area contributed by atoms with Gasteiger partial charge in [0, 0.05) is 16.8 Å². The molecular weight excluding hydrogens is 358 g/mol. The van der Waals surface area contributed by atoms with Crippen molar-refractivity contribution in [2.45, 2.75) is 11.3 Å². The molecule has 1 heterocycles. The van der Waals surface area contributed by atoms with Gasteiger partial charge >= 0.3 is 0 Å². The van der Waals surface area contributed by atoms with Crippen molar-refractivity contribution < 1.29 is 9.84 Å². The Morgan fingerprint density at radius 1 is 0.963 bits per heavy atom. The van der Waals surface area contributed by atoms with Gasteiger partial charge in [-0.3, -0.25) is 4.57 Å². The lowest BCUT2D eigenvalue weighted by atomic mass is 10.1. The number of nitrogens with zero attached hydrogens (tertiary/aromatic N) is 3. The number of aliphatic hydroxyl groups excluding tert-OH is 1. The van der Waals surface area contributed by atoms with Crippen LogP contribution in [0.4, 0.5) is 0 Å². The Morgan fingerprint density at radius 2 is 1.74 bits per heavy atom. The summed E-state index contributed by atoms with van der Waals surface area (Å²) in [6, 6.07) is 23.9. The molecular formula is C21H19N3O2S. The normalized spacial score (nSPS) is 12.2. The maximum Gasteiger partial charge on any atom is 0.195 e. The van der Waals surface area contributed by atoms with E-state index in [1.807, 2.05) is 77.4 Å². The minimum atomic E-state index is -0.616. The fourth-order valence-electron chi connectivity index (χ4n) is 2.81. The highest BCUT2D eigenvalue weighted by atomic mass is 32.2. The maximum absolute atomic E-state index is 10.3. The molecule has 6 heteroatoms. The molecule has 0 bridgehead atoms. The summed E-state index contributed by atoms with van der Waals surface area (Å²) in [5.74, 6) is 1.25. The van der Waals surface area contributed by atoms with E-state index < -0.39 is 6.10 Å². The number of thioether (sulfide) groups is 1. The lowest BCUT2D eigenvalue weighted by Gasteiger charge is -2.14. The SMILES string of the molecule is OC(COc1cccc2ccccc12)CSc1nncn1-c1ccccc1. The summed E-state index contributed by atoms with van der Waals surface area (Å²) in [6.45, 7) is 0.223. The summed E-state index contributed by atoms with van der Waals surface area (Å²) in [5, 5.41) is 21.4. The molecule has 1 aromatic heterocycles. The Balaban J connectivity index is 1.37. The molecule has 27 heavy (non-hydrogen) atoms. The number of hydrogen-bond donors (Lipinski definition) is 1. The monoisotopic (exact) mass is 377 g/mol. The zero-order chi connectivity index (χ0) is 18.5. The van der Waals surface area contributed by atoms with Gasteiger partial charge < -0.3 is 9.84 Å². The smallest absolute Gasteiger partial charge is 0.195 e. The third-order valence-corrected chi connectivity index (χ3v) is 5.22. The van der Waals surface area contributed by atoms with Crippen LogP contribution in [0.3, 0.4) is 0 Å². The van der Waals surface area contributed by atoms with E-state index >= 15 is 0 Å². The Labute approximate surface area is 161 Å². The molecule has 4 rings (SSSR count). The fraction of sp³-hybridized carbons (Fsp3) is 0.143. The fourth-order valence-corrected chi connectivity index (χ4v) is 3.65. The van der Waals surface area contributed by atoms with Gasteiger partial charge in [0.25, 0.3) is 0 Å². The Hall–Kier alpha value is -2.83. The van der Waals surface area contributed by atoms with Gasteiger partial charge in [0.05, 0.1) is 6.10 Å². The second-order valence-electron chi connectivity index (χ2n) is 6.07. The van der Waals surface area contributed by atoms with Crippen molar-refractivity contribution in [3.63, 3.8) is 0 Å². The summed E-state index contributed by atoms with van der Waals surface area (Å²) in [7, 11) is 0. The van der Waals surface area contributed by atoms with Gasteiger partial charge in [0.15, 0.2) is 5.16 Å². The molecule has 0 aliphatic heterocycles. The van der Waals surface area contributed by atoms with Crippen molar-refractivity contribution >= 4 is 22.5 Å². The first-order valence-corrected chi connectivity index (χ1v) is 9.67. The Bertz CT molecular complexity index is 1010. The number of para-hydroxylation sites is 1. The summed E-state index contributed by atoms with van der Waals surface area (Å²) in [4.78, 5) is 0. The minimum Gasteiger partial charge on any atom is -0.490 e. The molecule has 0 fully saturated rings. The van der Waals surface area contributed by atoms with E-state index in [1.165, 1.54) is 11.8 Å². The van der Waals surface area contributed by atoms with E-state index in [4.69, 9.17) is 4.74 Å². The van der Waals surface area contributed by atoms with Gasteiger partial charge in [-0.05, 0) is 23.6 Å². The first-order chi connectivity index (χ1) is 13.3. The van der Waals surface area contributed by atoms with Gasteiger partial charge in [0.1, 0.15) is 18.7 Å². The summed E-state index contributed by atoms with van der Waals surface area (Å²) in [5.41, 5.74) is 0.992. The van der Waals surface area contributed by atoms with E-state index in [0.717, 1.165) is 27.4 Å². The second kappa shape index (κ2) is 8.24. The molecule has 3 aromatic carbocycles. The third-order valence-electron chi connectivity index (χ3n) is 4.14. The molecule has 0 aliphatic rings. The molecule has 0 amide bonds. The predicted octanol–water partition coefficient (Wildman–Crippen LogP) is 3.95. The lowest BCUT2D eigenvalue weighted by Crippen LogP contribution is -2.20. The average molecular weight is 377 g/mol. The predicted molar refractivity (Wildman–Crippen MR) is 108 cm³/mol. The topological polar surface area (TPSA) is 60.2 Å². The molecule has 136 valence electrons. The van der Waals surface area contributed by atoms with Crippen molar-refractivity contribution in [1.29, 1.82) is 0 Å². The number of aromatic nitrogens is 3. The van der Waals surface area contributed by atoms with Crippen LogP contribution in [0.1, 0.15) is 0 Å². The molecule has 0 radical (unpaired) electrons. The van der Waals surface area contributed by atoms with Crippen molar-refractivity contribution in [3.05, 3.63) is 79.1 Å². The summed E-state index contributed by atoms with van der Waals surface area (Å²) in [6.07, 6.45) is 1.06. The van der Waals surface area contributed by atoms with Crippen molar-refractivity contribution in [1.82, 2.24) is 14.8 Å². The molecule has 1 N–H and O–H groups in total. The van der Waals surface area contributed by atoms with Crippen LogP contribution in [0.2, 0.25) is 0 Å². The molecule has 0 aliphatic carbocycles. The first-order valence-electron chi connectivity index (χ1n) is 8.68. The van der Waals surface area contributed by atoms with Gasteiger partial charge in [0.2, 0.25) is 0 Å². The van der Waals surface area contributed by atoms with Crippen LogP contribution in [0.15, 0.2) is 84.3 Å². The van der Waals surface area contributed by atoms with E-state index in [1.54, 1.807) is 6.33 Å². The van der Waals surface area contributed by atoms with Crippen LogP contribution < -0.4 is 4.74 Å². The quantitative estimate of drug-likeness (QED) is 0.494. The molecule has 4 aromatic rings. The average Bonchev–Trinajstić information content (AvgIpc) is 3.20. The highest BCUT2D eigenvalue weighted by Crippen LogP contribution is 2.26. The number of fused-ring (bicyclic) bond motifs is 1. The number of benzene rings is 3. The van der Waals surface area contributed by atoms with Gasteiger partial charge in [-0.15, -0.1) is 10.2 Å². The van der Waals surface area contributed by atoms with Crippen LogP contribution in [-0.4, -0.2) is 38.3 Å². The largest absolute Gasteiger partial charge is 0.490 e. The zero-order valence-corrected chi connectivity index (χ0v) is 15.4. The molecule has 0 saturated heterocycles. The van der Waals surface area contributed by atoms with E-state index in [9.17, 15) is 5.11 Å². The summed E-state index contributed by atoms with van der Waals surface area (Å²) >= 11 is 1.45. The van der Waals surface area contributed by atoms with Crippen LogP contribution in [0.5, 0.6) is 5.75 Å². The van der Waals surface area contributed by atoms with Crippen LogP contribution >= 0.6 is 11.8 Å². The molecule has 5 nitrogen and oxygen atoms in total. The lowest BCUT2D eigenvalue weighted by molar-refractivity contribution is 0.127. The number of hydrogen-bond acceptors (Lipinski definition) is 5. The van der Waals surface area contributed by atoms with Crippen molar-refractivity contribution in [2.75, 3.05) is 12.4 Å². The Kier molecular flexibility index (Phi) is 5.37.